The maximum atomic E-state index is 9.94. The molecular weight excluding hydrogens is 266 g/mol. The van der Waals surface area contributed by atoms with Gasteiger partial charge in [-0.3, -0.25) is 4.98 Å². The average Bonchev–Trinajstić information content (AvgIpc) is 2.62. The molecule has 118 valence electrons. The van der Waals surface area contributed by atoms with Gasteiger partial charge in [0.05, 0.1) is 30.7 Å². The first-order valence-electron chi connectivity index (χ1n) is 7.62. The summed E-state index contributed by atoms with van der Waals surface area (Å²) in [5, 5.41) is 9.94. The van der Waals surface area contributed by atoms with E-state index >= 15 is 0 Å². The molecule has 0 radical (unpaired) electrons. The SMILES string of the molecule is CC(C)c1ccc(N2CCOC[C@H](O)C2)c(CN(C)C)n1. The molecule has 5 heteroatoms. The third kappa shape index (κ3) is 4.40. The number of anilines is 1. The Morgan fingerprint density at radius 2 is 2.19 bits per heavy atom. The summed E-state index contributed by atoms with van der Waals surface area (Å²) in [6.07, 6.45) is -0.440. The van der Waals surface area contributed by atoms with Gasteiger partial charge in [0.15, 0.2) is 0 Å². The van der Waals surface area contributed by atoms with Crippen LogP contribution in [-0.2, 0) is 11.3 Å². The van der Waals surface area contributed by atoms with Crippen LogP contribution in [0.1, 0.15) is 31.2 Å². The zero-order valence-electron chi connectivity index (χ0n) is 13.5. The summed E-state index contributed by atoms with van der Waals surface area (Å²) in [6.45, 7) is 7.56. The number of hydrogen-bond donors (Lipinski definition) is 1. The summed E-state index contributed by atoms with van der Waals surface area (Å²) in [7, 11) is 4.10. The lowest BCUT2D eigenvalue weighted by Crippen LogP contribution is -2.34. The van der Waals surface area contributed by atoms with E-state index in [9.17, 15) is 5.11 Å². The van der Waals surface area contributed by atoms with E-state index in [1.807, 2.05) is 14.1 Å². The molecule has 0 aliphatic carbocycles. The fourth-order valence-corrected chi connectivity index (χ4v) is 2.55. The zero-order valence-corrected chi connectivity index (χ0v) is 13.5. The van der Waals surface area contributed by atoms with Gasteiger partial charge in [0.2, 0.25) is 0 Å². The van der Waals surface area contributed by atoms with Crippen molar-refractivity contribution in [2.75, 3.05) is 45.3 Å². The summed E-state index contributed by atoms with van der Waals surface area (Å²) in [6, 6.07) is 4.23. The lowest BCUT2D eigenvalue weighted by molar-refractivity contribution is 0.0597. The van der Waals surface area contributed by atoms with Gasteiger partial charge < -0.3 is 19.6 Å². The lowest BCUT2D eigenvalue weighted by atomic mass is 10.1. The van der Waals surface area contributed by atoms with Crippen LogP contribution in [0.2, 0.25) is 0 Å². The first-order chi connectivity index (χ1) is 9.97. The van der Waals surface area contributed by atoms with E-state index in [1.165, 1.54) is 0 Å². The van der Waals surface area contributed by atoms with Crippen molar-refractivity contribution >= 4 is 5.69 Å². The van der Waals surface area contributed by atoms with Gasteiger partial charge in [-0.2, -0.15) is 0 Å². The Balaban J connectivity index is 2.31. The Hall–Kier alpha value is -1.17. The summed E-state index contributed by atoms with van der Waals surface area (Å²) in [4.78, 5) is 9.15. The van der Waals surface area contributed by atoms with Crippen LogP contribution >= 0.6 is 0 Å². The molecule has 0 aromatic carbocycles. The monoisotopic (exact) mass is 293 g/mol. The van der Waals surface area contributed by atoms with E-state index in [-0.39, 0.29) is 0 Å². The number of aromatic nitrogens is 1. The van der Waals surface area contributed by atoms with Crippen molar-refractivity contribution in [3.63, 3.8) is 0 Å². The molecule has 0 unspecified atom stereocenters. The molecule has 1 atom stereocenters. The summed E-state index contributed by atoms with van der Waals surface area (Å²) in [5.74, 6) is 0.415. The number of hydrogen-bond acceptors (Lipinski definition) is 5. The zero-order chi connectivity index (χ0) is 15.4. The van der Waals surface area contributed by atoms with Crippen LogP contribution in [0.5, 0.6) is 0 Å². The number of pyridine rings is 1. The van der Waals surface area contributed by atoms with Crippen LogP contribution in [0.15, 0.2) is 12.1 Å². The van der Waals surface area contributed by atoms with Crippen LogP contribution in [0.3, 0.4) is 0 Å². The largest absolute Gasteiger partial charge is 0.389 e. The molecule has 1 saturated heterocycles. The van der Waals surface area contributed by atoms with Crippen molar-refractivity contribution in [1.82, 2.24) is 9.88 Å². The van der Waals surface area contributed by atoms with E-state index < -0.39 is 6.10 Å². The lowest BCUT2D eigenvalue weighted by Gasteiger charge is -2.27. The van der Waals surface area contributed by atoms with Crippen LogP contribution in [0.25, 0.3) is 0 Å². The fourth-order valence-electron chi connectivity index (χ4n) is 2.55. The first kappa shape index (κ1) is 16.2. The van der Waals surface area contributed by atoms with Crippen LogP contribution in [0.4, 0.5) is 5.69 Å². The number of ether oxygens (including phenoxy) is 1. The molecule has 1 fully saturated rings. The van der Waals surface area contributed by atoms with E-state index in [4.69, 9.17) is 9.72 Å². The predicted octanol–water partition coefficient (Wildman–Crippen LogP) is 1.46. The van der Waals surface area contributed by atoms with Crippen LogP contribution < -0.4 is 4.90 Å². The number of aliphatic hydroxyl groups is 1. The molecule has 21 heavy (non-hydrogen) atoms. The molecule has 1 aliphatic heterocycles. The van der Waals surface area contributed by atoms with Gasteiger partial charge >= 0.3 is 0 Å². The maximum Gasteiger partial charge on any atom is 0.0948 e. The van der Waals surface area contributed by atoms with E-state index in [0.717, 1.165) is 30.2 Å². The molecule has 0 spiro atoms. The Labute approximate surface area is 127 Å². The molecular formula is C16H27N3O2. The molecule has 1 N–H and O–H groups in total. The molecule has 0 saturated carbocycles. The smallest absolute Gasteiger partial charge is 0.0948 e. The maximum absolute atomic E-state index is 9.94. The van der Waals surface area contributed by atoms with Crippen LogP contribution in [-0.4, -0.2) is 61.5 Å². The quantitative estimate of drug-likeness (QED) is 0.911. The van der Waals surface area contributed by atoms with Gasteiger partial charge in [-0.15, -0.1) is 0 Å². The Morgan fingerprint density at radius 3 is 2.86 bits per heavy atom. The third-order valence-electron chi connectivity index (χ3n) is 3.62. The minimum absolute atomic E-state index is 0.414. The normalized spacial score (nSPS) is 20.1. The van der Waals surface area contributed by atoms with Crippen molar-refractivity contribution in [3.8, 4) is 0 Å². The summed E-state index contributed by atoms with van der Waals surface area (Å²) < 4.78 is 5.42. The highest BCUT2D eigenvalue weighted by Gasteiger charge is 2.20. The van der Waals surface area contributed by atoms with Gasteiger partial charge in [0.25, 0.3) is 0 Å². The van der Waals surface area contributed by atoms with E-state index in [0.29, 0.717) is 25.7 Å². The minimum Gasteiger partial charge on any atom is -0.389 e. The number of rotatable bonds is 4. The summed E-state index contributed by atoms with van der Waals surface area (Å²) in [5.41, 5.74) is 3.29. The Kier molecular flexibility index (Phi) is 5.56. The highest BCUT2D eigenvalue weighted by atomic mass is 16.5. The molecule has 1 aromatic rings. The topological polar surface area (TPSA) is 48.8 Å². The van der Waals surface area contributed by atoms with Crippen molar-refractivity contribution < 1.29 is 9.84 Å². The minimum atomic E-state index is -0.440. The molecule has 2 heterocycles. The van der Waals surface area contributed by atoms with Gasteiger partial charge in [0, 0.05) is 25.3 Å². The predicted molar refractivity (Wildman–Crippen MR) is 84.8 cm³/mol. The number of aliphatic hydroxyl groups excluding tert-OH is 1. The molecule has 1 aromatic heterocycles. The average molecular weight is 293 g/mol. The van der Waals surface area contributed by atoms with Gasteiger partial charge in [0.1, 0.15) is 0 Å². The first-order valence-corrected chi connectivity index (χ1v) is 7.62. The van der Waals surface area contributed by atoms with Gasteiger partial charge in [-0.1, -0.05) is 13.8 Å². The third-order valence-corrected chi connectivity index (χ3v) is 3.62. The Bertz CT molecular complexity index is 463. The van der Waals surface area contributed by atoms with Gasteiger partial charge in [-0.05, 0) is 32.1 Å². The van der Waals surface area contributed by atoms with Gasteiger partial charge in [-0.25, -0.2) is 0 Å². The number of β-amino-alcohol motifs (C(OH)–C–C–N with tert-alkyl or cyclic N) is 1. The van der Waals surface area contributed by atoms with Crippen molar-refractivity contribution in [2.24, 2.45) is 0 Å². The summed E-state index contributed by atoms with van der Waals surface area (Å²) >= 11 is 0. The standard InChI is InChI=1S/C16H27N3O2/c1-12(2)14-5-6-16(15(17-14)10-18(3)4)19-7-8-21-11-13(20)9-19/h5-6,12-13,20H,7-11H2,1-4H3/t13-/m1/s1. The molecule has 5 nitrogen and oxygen atoms in total. The van der Waals surface area contributed by atoms with Crippen LogP contribution in [0, 0.1) is 0 Å². The molecule has 2 rings (SSSR count). The van der Waals surface area contributed by atoms with Crippen molar-refractivity contribution in [3.05, 3.63) is 23.5 Å². The van der Waals surface area contributed by atoms with E-state index in [1.54, 1.807) is 0 Å². The fraction of sp³-hybridized carbons (Fsp3) is 0.688. The highest BCUT2D eigenvalue weighted by Crippen LogP contribution is 2.24. The molecule has 1 aliphatic rings. The van der Waals surface area contributed by atoms with Crippen molar-refractivity contribution in [2.45, 2.75) is 32.4 Å². The van der Waals surface area contributed by atoms with Crippen molar-refractivity contribution in [1.29, 1.82) is 0 Å². The second-order valence-electron chi connectivity index (χ2n) is 6.27. The highest BCUT2D eigenvalue weighted by molar-refractivity contribution is 5.52. The number of nitrogens with zero attached hydrogens (tertiary/aromatic N) is 3. The second kappa shape index (κ2) is 7.20. The molecule has 0 amide bonds. The van der Waals surface area contributed by atoms with E-state index in [2.05, 4.69) is 35.8 Å². The second-order valence-corrected chi connectivity index (χ2v) is 6.27. The molecule has 0 bridgehead atoms. The Morgan fingerprint density at radius 1 is 1.43 bits per heavy atom.